The molecule has 4 nitrogen and oxygen atoms in total. The summed E-state index contributed by atoms with van der Waals surface area (Å²) < 4.78 is 9.70. The first-order chi connectivity index (χ1) is 9.63. The maximum atomic E-state index is 12.0. The number of esters is 1. The second-order valence-electron chi connectivity index (χ2n) is 4.88. The molecule has 2 aromatic rings. The summed E-state index contributed by atoms with van der Waals surface area (Å²) in [5, 5.41) is 0. The quantitative estimate of drug-likeness (QED) is 0.621. The molecule has 0 fully saturated rings. The molecule has 1 aromatic carbocycles. The van der Waals surface area contributed by atoms with E-state index in [2.05, 4.69) is 29.9 Å². The van der Waals surface area contributed by atoms with Crippen molar-refractivity contribution in [3.8, 4) is 0 Å². The van der Waals surface area contributed by atoms with Crippen molar-refractivity contribution in [1.29, 1.82) is 0 Å². The van der Waals surface area contributed by atoms with Crippen LogP contribution in [0.25, 0.3) is 11.0 Å². The minimum absolute atomic E-state index is 0.238. The van der Waals surface area contributed by atoms with Crippen LogP contribution < -0.4 is 4.57 Å². The first-order valence-electron chi connectivity index (χ1n) is 7.33. The third-order valence-corrected chi connectivity index (χ3v) is 3.64. The summed E-state index contributed by atoms with van der Waals surface area (Å²) in [5.41, 5.74) is 2.89. The average molecular weight is 275 g/mol. The molecule has 0 aliphatic rings. The number of carbonyl (C=O) groups excluding carboxylic acids is 1. The standard InChI is InChI=1S/C16H23N2O2/c1-5-10-20-16(19)13-8-9-14-15(11-13)18(7-3)12(4)17(14)6-2/h8-9,11H,5-7,10H2,1-4H3/q+1. The van der Waals surface area contributed by atoms with E-state index in [4.69, 9.17) is 4.74 Å². The first kappa shape index (κ1) is 14.6. The van der Waals surface area contributed by atoms with E-state index in [9.17, 15) is 4.79 Å². The Morgan fingerprint density at radius 1 is 1.30 bits per heavy atom. The van der Waals surface area contributed by atoms with Crippen molar-refractivity contribution in [2.45, 2.75) is 47.2 Å². The molecule has 0 spiro atoms. The molecule has 0 aliphatic carbocycles. The van der Waals surface area contributed by atoms with Gasteiger partial charge in [-0.25, -0.2) is 13.9 Å². The van der Waals surface area contributed by atoms with Gasteiger partial charge in [0.05, 0.1) is 25.3 Å². The van der Waals surface area contributed by atoms with Crippen LogP contribution in [0.4, 0.5) is 0 Å². The fourth-order valence-corrected chi connectivity index (χ4v) is 2.67. The smallest absolute Gasteiger partial charge is 0.338 e. The van der Waals surface area contributed by atoms with Crippen molar-refractivity contribution in [3.63, 3.8) is 0 Å². The van der Waals surface area contributed by atoms with Crippen LogP contribution in [0, 0.1) is 6.92 Å². The van der Waals surface area contributed by atoms with E-state index in [-0.39, 0.29) is 5.97 Å². The Balaban J connectivity index is 2.50. The molecule has 0 aliphatic heterocycles. The SMILES string of the molecule is CCCOC(=O)c1ccc2c(c1)n(CC)c(C)[n+]2CC. The van der Waals surface area contributed by atoms with Gasteiger partial charge in [0.2, 0.25) is 0 Å². The molecule has 0 amide bonds. The summed E-state index contributed by atoms with van der Waals surface area (Å²) >= 11 is 0. The topological polar surface area (TPSA) is 35.1 Å². The molecule has 1 aromatic heterocycles. The summed E-state index contributed by atoms with van der Waals surface area (Å²) in [5.74, 6) is 0.974. The average Bonchev–Trinajstić information content (AvgIpc) is 2.74. The second-order valence-corrected chi connectivity index (χ2v) is 4.88. The predicted octanol–water partition coefficient (Wildman–Crippen LogP) is 2.84. The third kappa shape index (κ3) is 2.42. The van der Waals surface area contributed by atoms with Crippen LogP contribution in [0.15, 0.2) is 18.2 Å². The number of aryl methyl sites for hydroxylation is 2. The molecule has 1 heterocycles. The van der Waals surface area contributed by atoms with Gasteiger partial charge in [-0.05, 0) is 32.4 Å². The van der Waals surface area contributed by atoms with Gasteiger partial charge in [0.1, 0.15) is 0 Å². The monoisotopic (exact) mass is 275 g/mol. The highest BCUT2D eigenvalue weighted by molar-refractivity contribution is 5.93. The van der Waals surface area contributed by atoms with Crippen molar-refractivity contribution >= 4 is 17.0 Å². The van der Waals surface area contributed by atoms with Gasteiger partial charge in [-0.2, -0.15) is 0 Å². The summed E-state index contributed by atoms with van der Waals surface area (Å²) in [6.07, 6.45) is 0.842. The van der Waals surface area contributed by atoms with E-state index in [0.717, 1.165) is 25.0 Å². The molecule has 0 saturated heterocycles. The number of imidazole rings is 1. The van der Waals surface area contributed by atoms with Gasteiger partial charge >= 0.3 is 5.97 Å². The number of nitrogens with zero attached hydrogens (tertiary/aromatic N) is 2. The van der Waals surface area contributed by atoms with Gasteiger partial charge in [-0.1, -0.05) is 6.92 Å². The second kappa shape index (κ2) is 6.07. The highest BCUT2D eigenvalue weighted by atomic mass is 16.5. The van der Waals surface area contributed by atoms with Crippen molar-refractivity contribution in [3.05, 3.63) is 29.6 Å². The van der Waals surface area contributed by atoms with Gasteiger partial charge in [-0.15, -0.1) is 0 Å². The Hall–Kier alpha value is -1.84. The summed E-state index contributed by atoms with van der Waals surface area (Å²) in [6.45, 7) is 10.6. The zero-order chi connectivity index (χ0) is 14.7. The van der Waals surface area contributed by atoms with Gasteiger partial charge in [0, 0.05) is 13.0 Å². The zero-order valence-corrected chi connectivity index (χ0v) is 12.8. The number of hydrogen-bond acceptors (Lipinski definition) is 2. The third-order valence-electron chi connectivity index (χ3n) is 3.64. The lowest BCUT2D eigenvalue weighted by Gasteiger charge is -2.02. The predicted molar refractivity (Wildman–Crippen MR) is 78.8 cm³/mol. The van der Waals surface area contributed by atoms with Crippen molar-refractivity contribution < 1.29 is 14.1 Å². The number of carbonyl (C=O) groups is 1. The molecule has 0 radical (unpaired) electrons. The Bertz CT molecular complexity index is 629. The summed E-state index contributed by atoms with van der Waals surface area (Å²) in [4.78, 5) is 12.0. The highest BCUT2D eigenvalue weighted by Gasteiger charge is 2.21. The van der Waals surface area contributed by atoms with Crippen LogP contribution in [0.1, 0.15) is 43.4 Å². The number of ether oxygens (including phenoxy) is 1. The van der Waals surface area contributed by atoms with Gasteiger partial charge in [0.15, 0.2) is 11.0 Å². The zero-order valence-electron chi connectivity index (χ0n) is 12.8. The van der Waals surface area contributed by atoms with Gasteiger partial charge in [0.25, 0.3) is 5.82 Å². The van der Waals surface area contributed by atoms with E-state index >= 15 is 0 Å². The minimum Gasteiger partial charge on any atom is -0.462 e. The maximum absolute atomic E-state index is 12.0. The Kier molecular flexibility index (Phi) is 4.42. The van der Waals surface area contributed by atoms with E-state index in [1.165, 1.54) is 11.3 Å². The lowest BCUT2D eigenvalue weighted by atomic mass is 10.2. The number of benzene rings is 1. The fourth-order valence-electron chi connectivity index (χ4n) is 2.67. The molecule has 108 valence electrons. The number of aromatic nitrogens is 2. The van der Waals surface area contributed by atoms with Crippen LogP contribution in [0.2, 0.25) is 0 Å². The highest BCUT2D eigenvalue weighted by Crippen LogP contribution is 2.17. The van der Waals surface area contributed by atoms with Gasteiger partial charge < -0.3 is 4.74 Å². The Labute approximate surface area is 120 Å². The van der Waals surface area contributed by atoms with E-state index < -0.39 is 0 Å². The number of fused-ring (bicyclic) bond motifs is 1. The molecule has 0 N–H and O–H groups in total. The molecule has 0 unspecified atom stereocenters. The van der Waals surface area contributed by atoms with Crippen molar-refractivity contribution in [2.75, 3.05) is 6.61 Å². The van der Waals surface area contributed by atoms with E-state index in [1.807, 2.05) is 25.1 Å². The fraction of sp³-hybridized carbons (Fsp3) is 0.500. The lowest BCUT2D eigenvalue weighted by molar-refractivity contribution is -0.674. The molecular formula is C16H23N2O2+. The number of hydrogen-bond donors (Lipinski definition) is 0. The normalized spacial score (nSPS) is 11.0. The van der Waals surface area contributed by atoms with Crippen LogP contribution >= 0.6 is 0 Å². The van der Waals surface area contributed by atoms with Crippen LogP contribution in [0.3, 0.4) is 0 Å². The van der Waals surface area contributed by atoms with Crippen LogP contribution in [-0.4, -0.2) is 17.1 Å². The molecule has 0 atom stereocenters. The Morgan fingerprint density at radius 3 is 2.65 bits per heavy atom. The Morgan fingerprint density at radius 2 is 2.05 bits per heavy atom. The minimum atomic E-state index is -0.238. The number of rotatable bonds is 5. The molecule has 0 saturated carbocycles. The molecule has 0 bridgehead atoms. The van der Waals surface area contributed by atoms with Crippen molar-refractivity contribution in [1.82, 2.24) is 4.57 Å². The lowest BCUT2D eigenvalue weighted by Crippen LogP contribution is -2.35. The van der Waals surface area contributed by atoms with Crippen LogP contribution in [0.5, 0.6) is 0 Å². The summed E-state index contributed by atoms with van der Waals surface area (Å²) in [6, 6.07) is 5.81. The van der Waals surface area contributed by atoms with E-state index in [0.29, 0.717) is 12.2 Å². The van der Waals surface area contributed by atoms with Gasteiger partial charge in [-0.3, -0.25) is 0 Å². The molecule has 20 heavy (non-hydrogen) atoms. The summed E-state index contributed by atoms with van der Waals surface area (Å²) in [7, 11) is 0. The molecule has 2 rings (SSSR count). The largest absolute Gasteiger partial charge is 0.462 e. The van der Waals surface area contributed by atoms with Crippen LogP contribution in [-0.2, 0) is 17.8 Å². The van der Waals surface area contributed by atoms with E-state index in [1.54, 1.807) is 0 Å². The molecule has 4 heteroatoms. The molecular weight excluding hydrogens is 252 g/mol. The van der Waals surface area contributed by atoms with Crippen molar-refractivity contribution in [2.24, 2.45) is 0 Å². The maximum Gasteiger partial charge on any atom is 0.338 e. The first-order valence-corrected chi connectivity index (χ1v) is 7.33.